The molecule has 0 aromatic rings. The summed E-state index contributed by atoms with van der Waals surface area (Å²) in [4.78, 5) is 33.9. The van der Waals surface area contributed by atoms with Crippen LogP contribution in [0.1, 0.15) is 108 Å². The Bertz CT molecular complexity index is 442. The molecule has 0 amide bonds. The topological polar surface area (TPSA) is 72.5 Å². The van der Waals surface area contributed by atoms with Crippen molar-refractivity contribution in [3.05, 3.63) is 0 Å². The molecule has 7 nitrogen and oxygen atoms in total. The predicted octanol–water partition coefficient (Wildman–Crippen LogP) is 6.53. The summed E-state index contributed by atoms with van der Waals surface area (Å²) < 4.78 is 10.8. The fraction of sp³-hybridized carbons (Fsp3) is 0.957. The number of rotatable bonds is 16. The summed E-state index contributed by atoms with van der Waals surface area (Å²) in [5.74, 6) is 0. The summed E-state index contributed by atoms with van der Waals surface area (Å²) in [5, 5.41) is 0. The van der Waals surface area contributed by atoms with Crippen LogP contribution in [0, 0.1) is 0 Å². The van der Waals surface area contributed by atoms with Crippen LogP contribution in [-0.4, -0.2) is 41.8 Å². The van der Waals surface area contributed by atoms with E-state index in [1.54, 1.807) is 27.7 Å². The van der Waals surface area contributed by atoms with E-state index in [9.17, 15) is 4.79 Å². The highest BCUT2D eigenvalue weighted by Crippen LogP contribution is 2.22. The molecule has 0 N–H and O–H groups in total. The Morgan fingerprint density at radius 1 is 0.600 bits per heavy atom. The van der Waals surface area contributed by atoms with Gasteiger partial charge in [-0.3, -0.25) is 0 Å². The van der Waals surface area contributed by atoms with E-state index in [0.29, 0.717) is 0 Å². The Kier molecular flexibility index (Phi) is 12.5. The molecule has 0 aromatic heterocycles. The summed E-state index contributed by atoms with van der Waals surface area (Å²) in [7, 11) is 0. The smallest absolute Gasteiger partial charge is 0.426 e. The van der Waals surface area contributed by atoms with E-state index in [-0.39, 0.29) is 13.2 Å². The average molecular weight is 435 g/mol. The quantitative estimate of drug-likeness (QED) is 0.155. The van der Waals surface area contributed by atoms with E-state index in [4.69, 9.17) is 29.0 Å². The Hall–Kier alpha value is -0.890. The maximum Gasteiger partial charge on any atom is 0.509 e. The first kappa shape index (κ1) is 29.1. The van der Waals surface area contributed by atoms with Gasteiger partial charge in [0.1, 0.15) is 24.4 Å². The molecule has 0 bridgehead atoms. The molecular weight excluding hydrogens is 388 g/mol. The fourth-order valence-corrected chi connectivity index (χ4v) is 2.48. The van der Waals surface area contributed by atoms with Gasteiger partial charge in [-0.15, -0.1) is 0 Å². The van der Waals surface area contributed by atoms with Crippen LogP contribution in [0.4, 0.5) is 4.79 Å². The van der Waals surface area contributed by atoms with Crippen molar-refractivity contribution in [2.45, 2.75) is 130 Å². The largest absolute Gasteiger partial charge is 0.509 e. The first-order chi connectivity index (χ1) is 13.6. The van der Waals surface area contributed by atoms with Gasteiger partial charge in [0, 0.05) is 0 Å². The molecule has 0 spiro atoms. The second kappa shape index (κ2) is 12.8. The van der Waals surface area contributed by atoms with Crippen molar-refractivity contribution in [3.63, 3.8) is 0 Å². The van der Waals surface area contributed by atoms with E-state index in [1.165, 1.54) is 0 Å². The van der Waals surface area contributed by atoms with Crippen molar-refractivity contribution in [3.8, 4) is 0 Å². The molecule has 0 fully saturated rings. The first-order valence-corrected chi connectivity index (χ1v) is 11.2. The second-order valence-electron chi connectivity index (χ2n) is 10.4. The molecule has 0 aliphatic rings. The number of ether oxygens (including phenoxy) is 2. The zero-order valence-corrected chi connectivity index (χ0v) is 21.0. The Balaban J connectivity index is 4.36. The van der Waals surface area contributed by atoms with E-state index in [2.05, 4.69) is 13.8 Å². The zero-order chi connectivity index (χ0) is 23.5. The summed E-state index contributed by atoms with van der Waals surface area (Å²) in [6.07, 6.45) is 5.27. The van der Waals surface area contributed by atoms with Gasteiger partial charge in [0.25, 0.3) is 0 Å². The fourth-order valence-electron chi connectivity index (χ4n) is 2.48. The highest BCUT2D eigenvalue weighted by Gasteiger charge is 2.32. The molecule has 0 heterocycles. The zero-order valence-electron chi connectivity index (χ0n) is 21.0. The third kappa shape index (κ3) is 15.0. The Morgan fingerprint density at radius 3 is 1.23 bits per heavy atom. The summed E-state index contributed by atoms with van der Waals surface area (Å²) in [6, 6.07) is 0. The number of unbranched alkanes of at least 4 members (excludes halogenated alkanes) is 2. The van der Waals surface area contributed by atoms with E-state index in [0.717, 1.165) is 38.5 Å². The standard InChI is InChI=1S/C23H46O7/c1-11-13-15-20(3,4)29-25-17-22(7,8)27-19(24)28-23(9,10)18-26-30-21(5,6)16-14-12-2/h11-18H2,1-10H3. The van der Waals surface area contributed by atoms with Gasteiger partial charge < -0.3 is 9.47 Å². The van der Waals surface area contributed by atoms with Gasteiger partial charge in [0.15, 0.2) is 0 Å². The minimum absolute atomic E-state index is 0.0866. The number of hydrogen-bond donors (Lipinski definition) is 0. The minimum atomic E-state index is -0.909. The van der Waals surface area contributed by atoms with E-state index in [1.807, 2.05) is 27.7 Å². The Morgan fingerprint density at radius 2 is 0.933 bits per heavy atom. The van der Waals surface area contributed by atoms with E-state index >= 15 is 0 Å². The van der Waals surface area contributed by atoms with Gasteiger partial charge in [-0.1, -0.05) is 39.5 Å². The molecule has 0 aliphatic carbocycles. The van der Waals surface area contributed by atoms with Crippen LogP contribution < -0.4 is 0 Å². The molecule has 7 heteroatoms. The number of hydrogen-bond acceptors (Lipinski definition) is 7. The summed E-state index contributed by atoms with van der Waals surface area (Å²) >= 11 is 0. The Labute approximate surface area is 183 Å². The molecule has 0 aromatic carbocycles. The maximum absolute atomic E-state index is 12.2. The molecule has 0 rings (SSSR count). The number of carbonyl (C=O) groups excluding carboxylic acids is 1. The summed E-state index contributed by atoms with van der Waals surface area (Å²) in [6.45, 7) is 19.3. The monoisotopic (exact) mass is 434 g/mol. The van der Waals surface area contributed by atoms with Crippen LogP contribution in [0.25, 0.3) is 0 Å². The predicted molar refractivity (Wildman–Crippen MR) is 117 cm³/mol. The van der Waals surface area contributed by atoms with Crippen LogP contribution in [0.5, 0.6) is 0 Å². The van der Waals surface area contributed by atoms with Gasteiger partial charge in [0.05, 0.1) is 11.2 Å². The van der Waals surface area contributed by atoms with Gasteiger partial charge in [-0.2, -0.15) is 0 Å². The molecule has 0 saturated heterocycles. The maximum atomic E-state index is 12.2. The average Bonchev–Trinajstić information content (AvgIpc) is 2.56. The molecule has 30 heavy (non-hydrogen) atoms. The first-order valence-electron chi connectivity index (χ1n) is 11.2. The minimum Gasteiger partial charge on any atom is -0.426 e. The van der Waals surface area contributed by atoms with Crippen molar-refractivity contribution in [2.75, 3.05) is 13.2 Å². The molecule has 0 unspecified atom stereocenters. The van der Waals surface area contributed by atoms with Crippen LogP contribution in [0.2, 0.25) is 0 Å². The third-order valence-electron chi connectivity index (χ3n) is 4.37. The highest BCUT2D eigenvalue weighted by atomic mass is 17.2. The lowest BCUT2D eigenvalue weighted by Gasteiger charge is -2.31. The molecule has 0 radical (unpaired) electrons. The van der Waals surface area contributed by atoms with Gasteiger partial charge in [-0.05, 0) is 68.2 Å². The van der Waals surface area contributed by atoms with E-state index < -0.39 is 28.6 Å². The van der Waals surface area contributed by atoms with Crippen molar-refractivity contribution in [1.29, 1.82) is 0 Å². The van der Waals surface area contributed by atoms with Crippen LogP contribution in [-0.2, 0) is 29.0 Å². The van der Waals surface area contributed by atoms with Gasteiger partial charge in [0.2, 0.25) is 0 Å². The highest BCUT2D eigenvalue weighted by molar-refractivity contribution is 5.61. The van der Waals surface area contributed by atoms with Gasteiger partial charge in [-0.25, -0.2) is 24.3 Å². The summed E-state index contributed by atoms with van der Waals surface area (Å²) in [5.41, 5.74) is -2.60. The molecule has 180 valence electrons. The lowest BCUT2D eigenvalue weighted by molar-refractivity contribution is -0.370. The van der Waals surface area contributed by atoms with Crippen LogP contribution in [0.15, 0.2) is 0 Å². The molecule has 0 atom stereocenters. The van der Waals surface area contributed by atoms with Crippen LogP contribution in [0.3, 0.4) is 0 Å². The van der Waals surface area contributed by atoms with Crippen molar-refractivity contribution in [1.82, 2.24) is 0 Å². The van der Waals surface area contributed by atoms with Crippen molar-refractivity contribution >= 4 is 6.16 Å². The lowest BCUT2D eigenvalue weighted by atomic mass is 10.0. The van der Waals surface area contributed by atoms with Crippen LogP contribution >= 0.6 is 0 Å². The SMILES string of the molecule is CCCCC(C)(C)OOCC(C)(C)OC(=O)OC(C)(C)COOC(C)(C)CCCC. The molecular formula is C23H46O7. The van der Waals surface area contributed by atoms with Crippen molar-refractivity contribution < 1.29 is 33.8 Å². The molecule has 0 aliphatic heterocycles. The lowest BCUT2D eigenvalue weighted by Crippen LogP contribution is -2.40. The normalized spacial score (nSPS) is 13.4. The van der Waals surface area contributed by atoms with Crippen molar-refractivity contribution in [2.24, 2.45) is 0 Å². The third-order valence-corrected chi connectivity index (χ3v) is 4.37. The molecule has 0 saturated carbocycles. The number of carbonyl (C=O) groups is 1. The van der Waals surface area contributed by atoms with Gasteiger partial charge >= 0.3 is 6.16 Å². The second-order valence-corrected chi connectivity index (χ2v) is 10.4.